The van der Waals surface area contributed by atoms with Crippen molar-refractivity contribution in [3.63, 3.8) is 0 Å². The number of nitrogens with two attached hydrogens (primary N) is 1. The van der Waals surface area contributed by atoms with E-state index in [1.165, 1.54) is 0 Å². The number of nitrogens with zero attached hydrogens (tertiary/aromatic N) is 3. The average Bonchev–Trinajstić information content (AvgIpc) is 2.92. The molecule has 0 atom stereocenters. The number of anilines is 1. The molecule has 2 aromatic heterocycles. The fourth-order valence-electron chi connectivity index (χ4n) is 1.82. The van der Waals surface area contributed by atoms with Gasteiger partial charge in [0.05, 0.1) is 5.56 Å². The van der Waals surface area contributed by atoms with Crippen molar-refractivity contribution in [3.8, 4) is 22.8 Å². The Morgan fingerprint density at radius 1 is 1.11 bits per heavy atom. The lowest BCUT2D eigenvalue weighted by molar-refractivity contribution is 0.432. The predicted octanol–water partition coefficient (Wildman–Crippen LogP) is 2.69. The molecule has 0 unspecified atom stereocenters. The number of nitrogen functional groups attached to an aromatic ring is 1. The van der Waals surface area contributed by atoms with Gasteiger partial charge in [0.25, 0.3) is 5.89 Å². The summed E-state index contributed by atoms with van der Waals surface area (Å²) in [6, 6.07) is 9.38. The Hall–Kier alpha value is -2.69. The quantitative estimate of drug-likeness (QED) is 0.709. The molecule has 1 aromatic carbocycles. The first-order chi connectivity index (χ1) is 9.25. The van der Waals surface area contributed by atoms with E-state index in [-0.39, 0.29) is 0 Å². The summed E-state index contributed by atoms with van der Waals surface area (Å²) in [6.07, 6.45) is 3.37. The fourth-order valence-corrected chi connectivity index (χ4v) is 1.82. The summed E-state index contributed by atoms with van der Waals surface area (Å²) in [5.74, 6) is 0.950. The number of benzene rings is 1. The van der Waals surface area contributed by atoms with Crippen LogP contribution < -0.4 is 5.73 Å². The monoisotopic (exact) mass is 252 g/mol. The van der Waals surface area contributed by atoms with Crippen molar-refractivity contribution in [3.05, 3.63) is 48.3 Å². The van der Waals surface area contributed by atoms with Crippen LogP contribution in [-0.2, 0) is 0 Å². The second-order valence-electron chi connectivity index (χ2n) is 4.20. The summed E-state index contributed by atoms with van der Waals surface area (Å²) in [7, 11) is 0. The van der Waals surface area contributed by atoms with E-state index >= 15 is 0 Å². The molecule has 0 radical (unpaired) electrons. The van der Waals surface area contributed by atoms with Crippen molar-refractivity contribution in [2.45, 2.75) is 6.92 Å². The van der Waals surface area contributed by atoms with E-state index in [1.807, 2.05) is 37.3 Å². The minimum Gasteiger partial charge on any atom is -0.398 e. The van der Waals surface area contributed by atoms with Crippen LogP contribution in [0, 0.1) is 6.92 Å². The van der Waals surface area contributed by atoms with Gasteiger partial charge in [-0.15, -0.1) is 0 Å². The van der Waals surface area contributed by atoms with E-state index < -0.39 is 0 Å². The molecule has 0 aliphatic rings. The topological polar surface area (TPSA) is 77.8 Å². The molecule has 94 valence electrons. The number of hydrogen-bond acceptors (Lipinski definition) is 5. The summed E-state index contributed by atoms with van der Waals surface area (Å²) in [5, 5.41) is 3.96. The molecule has 0 saturated carbocycles. The van der Waals surface area contributed by atoms with Gasteiger partial charge in [0.1, 0.15) is 0 Å². The summed E-state index contributed by atoms with van der Waals surface area (Å²) in [4.78, 5) is 8.32. The van der Waals surface area contributed by atoms with Crippen LogP contribution in [0.4, 0.5) is 5.69 Å². The minimum atomic E-state index is 0.424. The number of aromatic nitrogens is 3. The number of hydrogen-bond donors (Lipinski definition) is 1. The molecule has 0 spiro atoms. The highest BCUT2D eigenvalue weighted by molar-refractivity contribution is 5.73. The molecule has 5 heteroatoms. The maximum Gasteiger partial charge on any atom is 0.260 e. The van der Waals surface area contributed by atoms with Crippen molar-refractivity contribution in [1.82, 2.24) is 15.1 Å². The molecule has 0 aliphatic heterocycles. The minimum absolute atomic E-state index is 0.424. The van der Waals surface area contributed by atoms with Crippen molar-refractivity contribution >= 4 is 5.69 Å². The standard InChI is InChI=1S/C14H12N4O/c1-9-3-2-4-11(12(9)15)14-17-13(18-19-14)10-5-7-16-8-6-10/h2-8H,15H2,1H3. The molecule has 3 rings (SSSR count). The largest absolute Gasteiger partial charge is 0.398 e. The molecule has 19 heavy (non-hydrogen) atoms. The van der Waals surface area contributed by atoms with Crippen LogP contribution in [-0.4, -0.2) is 15.1 Å². The highest BCUT2D eigenvalue weighted by Crippen LogP contribution is 2.28. The first-order valence-corrected chi connectivity index (χ1v) is 5.85. The van der Waals surface area contributed by atoms with Crippen LogP contribution in [0.25, 0.3) is 22.8 Å². The first kappa shape index (κ1) is 11.4. The van der Waals surface area contributed by atoms with E-state index in [4.69, 9.17) is 10.3 Å². The van der Waals surface area contributed by atoms with Crippen molar-refractivity contribution in [2.75, 3.05) is 5.73 Å². The third-order valence-electron chi connectivity index (χ3n) is 2.92. The van der Waals surface area contributed by atoms with E-state index in [0.29, 0.717) is 17.4 Å². The second-order valence-corrected chi connectivity index (χ2v) is 4.20. The number of para-hydroxylation sites is 1. The Morgan fingerprint density at radius 3 is 2.68 bits per heavy atom. The van der Waals surface area contributed by atoms with E-state index in [0.717, 1.165) is 16.7 Å². The summed E-state index contributed by atoms with van der Waals surface area (Å²) in [5.41, 5.74) is 9.29. The van der Waals surface area contributed by atoms with Crippen LogP contribution >= 0.6 is 0 Å². The van der Waals surface area contributed by atoms with Crippen LogP contribution in [0.1, 0.15) is 5.56 Å². The Bertz CT molecular complexity index is 706. The fraction of sp³-hybridized carbons (Fsp3) is 0.0714. The Morgan fingerprint density at radius 2 is 1.89 bits per heavy atom. The zero-order valence-corrected chi connectivity index (χ0v) is 10.4. The average molecular weight is 252 g/mol. The summed E-state index contributed by atoms with van der Waals surface area (Å²) in [6.45, 7) is 1.94. The zero-order valence-electron chi connectivity index (χ0n) is 10.4. The second kappa shape index (κ2) is 4.53. The van der Waals surface area contributed by atoms with E-state index in [1.54, 1.807) is 12.4 Å². The first-order valence-electron chi connectivity index (χ1n) is 5.85. The molecule has 2 heterocycles. The van der Waals surface area contributed by atoms with Crippen LogP contribution in [0.3, 0.4) is 0 Å². The van der Waals surface area contributed by atoms with Crippen molar-refractivity contribution in [1.29, 1.82) is 0 Å². The number of aryl methyl sites for hydroxylation is 1. The van der Waals surface area contributed by atoms with Gasteiger partial charge in [0, 0.05) is 23.6 Å². The molecule has 3 aromatic rings. The lowest BCUT2D eigenvalue weighted by atomic mass is 10.1. The van der Waals surface area contributed by atoms with E-state index in [2.05, 4.69) is 15.1 Å². The lowest BCUT2D eigenvalue weighted by Gasteiger charge is -2.02. The maximum atomic E-state index is 6.02. The van der Waals surface area contributed by atoms with E-state index in [9.17, 15) is 0 Å². The zero-order chi connectivity index (χ0) is 13.2. The van der Waals surface area contributed by atoms with Crippen LogP contribution in [0.15, 0.2) is 47.2 Å². The molecule has 5 nitrogen and oxygen atoms in total. The Labute approximate surface area is 110 Å². The normalized spacial score (nSPS) is 10.6. The molecule has 0 bridgehead atoms. The smallest absolute Gasteiger partial charge is 0.260 e. The predicted molar refractivity (Wildman–Crippen MR) is 72.1 cm³/mol. The molecule has 2 N–H and O–H groups in total. The Balaban J connectivity index is 2.05. The Kier molecular flexibility index (Phi) is 2.72. The maximum absolute atomic E-state index is 6.02. The summed E-state index contributed by atoms with van der Waals surface area (Å²) >= 11 is 0. The number of pyridine rings is 1. The van der Waals surface area contributed by atoms with Gasteiger partial charge in [-0.25, -0.2) is 0 Å². The van der Waals surface area contributed by atoms with Crippen molar-refractivity contribution in [2.24, 2.45) is 0 Å². The van der Waals surface area contributed by atoms with Gasteiger partial charge in [0.15, 0.2) is 0 Å². The SMILES string of the molecule is Cc1cccc(-c2nc(-c3ccncc3)no2)c1N. The molecule has 0 saturated heterocycles. The molecule has 0 aliphatic carbocycles. The van der Waals surface area contributed by atoms with Gasteiger partial charge in [0.2, 0.25) is 5.82 Å². The molecular formula is C14H12N4O. The van der Waals surface area contributed by atoms with Gasteiger partial charge < -0.3 is 10.3 Å². The summed E-state index contributed by atoms with van der Waals surface area (Å²) < 4.78 is 5.28. The lowest BCUT2D eigenvalue weighted by Crippen LogP contribution is -1.93. The third-order valence-corrected chi connectivity index (χ3v) is 2.92. The van der Waals surface area contributed by atoms with Gasteiger partial charge in [-0.05, 0) is 30.7 Å². The van der Waals surface area contributed by atoms with Crippen LogP contribution in [0.2, 0.25) is 0 Å². The van der Waals surface area contributed by atoms with Gasteiger partial charge >= 0.3 is 0 Å². The highest BCUT2D eigenvalue weighted by Gasteiger charge is 2.13. The molecule has 0 fully saturated rings. The van der Waals surface area contributed by atoms with Gasteiger partial charge in [-0.2, -0.15) is 4.98 Å². The van der Waals surface area contributed by atoms with Crippen LogP contribution in [0.5, 0.6) is 0 Å². The molecule has 0 amide bonds. The van der Waals surface area contributed by atoms with Crippen molar-refractivity contribution < 1.29 is 4.52 Å². The number of rotatable bonds is 2. The highest BCUT2D eigenvalue weighted by atomic mass is 16.5. The molecular weight excluding hydrogens is 240 g/mol. The van der Waals surface area contributed by atoms with Gasteiger partial charge in [-0.1, -0.05) is 17.3 Å². The van der Waals surface area contributed by atoms with Gasteiger partial charge in [-0.3, -0.25) is 4.98 Å². The third kappa shape index (κ3) is 2.06.